The van der Waals surface area contributed by atoms with Crippen molar-refractivity contribution in [1.29, 1.82) is 0 Å². The maximum absolute atomic E-state index is 11.4. The number of carbonyl (C=O) groups is 1. The molecule has 3 N–H and O–H groups in total. The molecule has 2 rings (SSSR count). The van der Waals surface area contributed by atoms with E-state index in [2.05, 4.69) is 10.1 Å². The second-order valence-corrected chi connectivity index (χ2v) is 5.36. The molecule has 0 radical (unpaired) electrons. The summed E-state index contributed by atoms with van der Waals surface area (Å²) in [5.41, 5.74) is 7.83. The summed E-state index contributed by atoms with van der Waals surface area (Å²) < 4.78 is 4.68. The third-order valence-electron chi connectivity index (χ3n) is 2.79. The Morgan fingerprint density at radius 1 is 1.65 bits per heavy atom. The van der Waals surface area contributed by atoms with Gasteiger partial charge in [-0.1, -0.05) is 0 Å². The van der Waals surface area contributed by atoms with Crippen molar-refractivity contribution in [2.24, 2.45) is 0 Å². The second-order valence-electron chi connectivity index (χ2n) is 3.96. The standard InChI is InChI=1S/C12H16N2O2S/c1-16-12(15)8-2-3-10(13)11(6-8)14-7-9-4-5-17-9/h2-3,6,9,14H,4-5,7,13H2,1H3. The predicted molar refractivity (Wildman–Crippen MR) is 71.5 cm³/mol. The van der Waals surface area contributed by atoms with Crippen LogP contribution in [0.2, 0.25) is 0 Å². The molecule has 0 saturated carbocycles. The fourth-order valence-corrected chi connectivity index (χ4v) is 2.39. The molecule has 0 bridgehead atoms. The maximum Gasteiger partial charge on any atom is 0.337 e. The normalized spacial score (nSPS) is 18.3. The summed E-state index contributed by atoms with van der Waals surface area (Å²) in [5, 5.41) is 3.94. The van der Waals surface area contributed by atoms with E-state index in [0.717, 1.165) is 12.2 Å². The highest BCUT2D eigenvalue weighted by Crippen LogP contribution is 2.29. The summed E-state index contributed by atoms with van der Waals surface area (Å²) in [7, 11) is 1.37. The monoisotopic (exact) mass is 252 g/mol. The van der Waals surface area contributed by atoms with E-state index in [1.54, 1.807) is 18.2 Å². The molecule has 1 heterocycles. The van der Waals surface area contributed by atoms with E-state index in [4.69, 9.17) is 5.73 Å². The lowest BCUT2D eigenvalue weighted by Gasteiger charge is -2.25. The van der Waals surface area contributed by atoms with Gasteiger partial charge < -0.3 is 15.8 Å². The molecule has 1 aromatic carbocycles. The van der Waals surface area contributed by atoms with Crippen LogP contribution in [0.15, 0.2) is 18.2 Å². The van der Waals surface area contributed by atoms with Crippen LogP contribution in [0.1, 0.15) is 16.8 Å². The molecule has 0 amide bonds. The molecule has 0 aromatic heterocycles. The molecule has 1 saturated heterocycles. The summed E-state index contributed by atoms with van der Waals surface area (Å²) in [6, 6.07) is 5.14. The van der Waals surface area contributed by atoms with E-state index in [-0.39, 0.29) is 5.97 Å². The Bertz CT molecular complexity index is 419. The van der Waals surface area contributed by atoms with E-state index in [9.17, 15) is 4.79 Å². The van der Waals surface area contributed by atoms with Gasteiger partial charge in [0, 0.05) is 11.8 Å². The van der Waals surface area contributed by atoms with E-state index in [1.165, 1.54) is 19.3 Å². The van der Waals surface area contributed by atoms with Gasteiger partial charge in [0.2, 0.25) is 0 Å². The quantitative estimate of drug-likeness (QED) is 0.633. The minimum absolute atomic E-state index is 0.342. The average molecular weight is 252 g/mol. The first-order valence-corrected chi connectivity index (χ1v) is 6.59. The van der Waals surface area contributed by atoms with Gasteiger partial charge >= 0.3 is 5.97 Å². The number of esters is 1. The van der Waals surface area contributed by atoms with E-state index >= 15 is 0 Å². The SMILES string of the molecule is COC(=O)c1ccc(N)c(NCC2CCS2)c1. The number of benzene rings is 1. The third-order valence-corrected chi connectivity index (χ3v) is 4.13. The summed E-state index contributed by atoms with van der Waals surface area (Å²) >= 11 is 1.95. The summed E-state index contributed by atoms with van der Waals surface area (Å²) in [6.45, 7) is 0.888. The number of hydrogen-bond donors (Lipinski definition) is 2. The Labute approximate surface area is 105 Å². The number of hydrogen-bond acceptors (Lipinski definition) is 5. The van der Waals surface area contributed by atoms with Crippen molar-refractivity contribution in [2.45, 2.75) is 11.7 Å². The van der Waals surface area contributed by atoms with E-state index < -0.39 is 0 Å². The average Bonchev–Trinajstić information content (AvgIpc) is 2.28. The number of anilines is 2. The van der Waals surface area contributed by atoms with Crippen LogP contribution < -0.4 is 11.1 Å². The van der Waals surface area contributed by atoms with Crippen LogP contribution in [0.4, 0.5) is 11.4 Å². The molecule has 92 valence electrons. The van der Waals surface area contributed by atoms with Gasteiger partial charge in [0.15, 0.2) is 0 Å². The summed E-state index contributed by atoms with van der Waals surface area (Å²) in [6.07, 6.45) is 1.24. The molecular formula is C12H16N2O2S. The number of methoxy groups -OCH3 is 1. The van der Waals surface area contributed by atoms with Crippen LogP contribution in [0.3, 0.4) is 0 Å². The molecule has 1 atom stereocenters. The highest BCUT2D eigenvalue weighted by atomic mass is 32.2. The molecule has 1 fully saturated rings. The van der Waals surface area contributed by atoms with Gasteiger partial charge in [0.1, 0.15) is 0 Å². The van der Waals surface area contributed by atoms with Gasteiger partial charge in [-0.2, -0.15) is 11.8 Å². The Morgan fingerprint density at radius 3 is 3.00 bits per heavy atom. The van der Waals surface area contributed by atoms with Crippen LogP contribution in [0.25, 0.3) is 0 Å². The minimum Gasteiger partial charge on any atom is -0.465 e. The number of ether oxygens (including phenoxy) is 1. The predicted octanol–water partition coefficient (Wildman–Crippen LogP) is 1.97. The van der Waals surface area contributed by atoms with Crippen molar-refractivity contribution >= 4 is 29.1 Å². The highest BCUT2D eigenvalue weighted by Gasteiger charge is 2.18. The number of nitrogens with one attached hydrogen (secondary N) is 1. The zero-order valence-electron chi connectivity index (χ0n) is 9.73. The zero-order valence-corrected chi connectivity index (χ0v) is 10.5. The Balaban J connectivity index is 2.05. The van der Waals surface area contributed by atoms with E-state index in [0.29, 0.717) is 16.5 Å². The molecule has 1 aliphatic rings. The van der Waals surface area contributed by atoms with E-state index in [1.807, 2.05) is 11.8 Å². The number of thioether (sulfide) groups is 1. The molecule has 0 spiro atoms. The minimum atomic E-state index is -0.342. The number of rotatable bonds is 4. The van der Waals surface area contributed by atoms with Crippen molar-refractivity contribution in [3.8, 4) is 0 Å². The molecule has 5 heteroatoms. The topological polar surface area (TPSA) is 64.3 Å². The Morgan fingerprint density at radius 2 is 2.41 bits per heavy atom. The Kier molecular flexibility index (Phi) is 3.78. The molecule has 4 nitrogen and oxygen atoms in total. The first-order chi connectivity index (χ1) is 8.20. The van der Waals surface area contributed by atoms with Gasteiger partial charge in [0.25, 0.3) is 0 Å². The van der Waals surface area contributed by atoms with Gasteiger partial charge in [-0.25, -0.2) is 4.79 Å². The van der Waals surface area contributed by atoms with Crippen molar-refractivity contribution < 1.29 is 9.53 Å². The maximum atomic E-state index is 11.4. The van der Waals surface area contributed by atoms with Gasteiger partial charge in [-0.05, 0) is 30.4 Å². The summed E-state index contributed by atoms with van der Waals surface area (Å²) in [4.78, 5) is 11.4. The zero-order chi connectivity index (χ0) is 12.3. The second kappa shape index (κ2) is 5.31. The lowest BCUT2D eigenvalue weighted by atomic mass is 10.1. The fourth-order valence-electron chi connectivity index (χ4n) is 1.62. The molecule has 17 heavy (non-hydrogen) atoms. The summed E-state index contributed by atoms with van der Waals surface area (Å²) in [5.74, 6) is 0.899. The largest absolute Gasteiger partial charge is 0.465 e. The molecule has 1 unspecified atom stereocenters. The van der Waals surface area contributed by atoms with Crippen molar-refractivity contribution in [1.82, 2.24) is 0 Å². The molecular weight excluding hydrogens is 236 g/mol. The van der Waals surface area contributed by atoms with Crippen LogP contribution in [-0.4, -0.2) is 30.6 Å². The first kappa shape index (κ1) is 12.1. The van der Waals surface area contributed by atoms with Crippen LogP contribution in [0, 0.1) is 0 Å². The molecule has 1 aromatic rings. The number of nitrogens with two attached hydrogens (primary N) is 1. The van der Waals surface area contributed by atoms with Crippen LogP contribution in [0.5, 0.6) is 0 Å². The number of nitrogen functional groups attached to an aromatic ring is 1. The smallest absolute Gasteiger partial charge is 0.337 e. The Hall–Kier alpha value is -1.36. The van der Waals surface area contributed by atoms with Gasteiger partial charge in [0.05, 0.1) is 24.0 Å². The van der Waals surface area contributed by atoms with Crippen molar-refractivity contribution in [2.75, 3.05) is 30.5 Å². The van der Waals surface area contributed by atoms with Gasteiger partial charge in [-0.15, -0.1) is 0 Å². The third kappa shape index (κ3) is 2.85. The van der Waals surface area contributed by atoms with Gasteiger partial charge in [-0.3, -0.25) is 0 Å². The lowest BCUT2D eigenvalue weighted by molar-refractivity contribution is 0.0601. The first-order valence-electron chi connectivity index (χ1n) is 5.54. The molecule has 0 aliphatic carbocycles. The molecule has 1 aliphatic heterocycles. The van der Waals surface area contributed by atoms with Crippen LogP contribution in [-0.2, 0) is 4.74 Å². The van der Waals surface area contributed by atoms with Crippen molar-refractivity contribution in [3.63, 3.8) is 0 Å². The fraction of sp³-hybridized carbons (Fsp3) is 0.417. The highest BCUT2D eigenvalue weighted by molar-refractivity contribution is 8.01. The van der Waals surface area contributed by atoms with Crippen molar-refractivity contribution in [3.05, 3.63) is 23.8 Å². The lowest BCUT2D eigenvalue weighted by Crippen LogP contribution is -2.25. The number of carbonyl (C=O) groups excluding carboxylic acids is 1. The van der Waals surface area contributed by atoms with Crippen LogP contribution >= 0.6 is 11.8 Å².